The normalized spacial score (nSPS) is 11.9. The molecule has 0 saturated carbocycles. The van der Waals surface area contributed by atoms with Gasteiger partial charge in [-0.1, -0.05) is 171 Å². The summed E-state index contributed by atoms with van der Waals surface area (Å²) in [6.07, 6.45) is 44.7. The van der Waals surface area contributed by atoms with Gasteiger partial charge >= 0.3 is 0 Å². The van der Waals surface area contributed by atoms with E-state index in [9.17, 15) is 0 Å². The lowest BCUT2D eigenvalue weighted by Gasteiger charge is -2.02. The zero-order chi connectivity index (χ0) is 72.0. The summed E-state index contributed by atoms with van der Waals surface area (Å²) in [5.41, 5.74) is 9.38. The quantitative estimate of drug-likeness (QED) is 0.0334. The van der Waals surface area contributed by atoms with Crippen LogP contribution < -0.4 is 0 Å². The second kappa shape index (κ2) is 41.4. The summed E-state index contributed by atoms with van der Waals surface area (Å²) in [6, 6.07) is 44.9. The molecule has 0 fully saturated rings. The smallest absolute Gasteiger partial charge is 0.0481 e. The Kier molecular flexibility index (Phi) is 31.8. The van der Waals surface area contributed by atoms with Crippen molar-refractivity contribution < 1.29 is 0 Å². The first-order valence-corrected chi connectivity index (χ1v) is 50.3. The standard InChI is InChI=1S/C92H114S12/c1-9-17-23-29-35-63-57-81(99-87(63)75-51-45-69(15-7)93-75)83-59-65(37-31-25-19-11-3)89(101-83)77-53-47-71(95-77)41-43-73-49-55-79(97-73)91-67(39-33-27-21-13-5)61-85(103-91)86-62-68(40-34-28-22-14-6)92(104-86)80-56-50-74(98-80)44-42-72-48-54-78(96-72)90-66(38-32-26-20-12-4)60-84(102-90)82-58-64(36-30-24-18-10-2)88(100-82)76-52-46-70(16-8)94-76/h45-62H,9-44H2,1-8H3. The van der Waals surface area contributed by atoms with Gasteiger partial charge in [-0.05, 0) is 258 Å². The van der Waals surface area contributed by atoms with Gasteiger partial charge in [0.2, 0.25) is 0 Å². The zero-order valence-corrected chi connectivity index (χ0v) is 73.5. The number of thiophene rings is 12. The first-order valence-electron chi connectivity index (χ1n) is 40.5. The van der Waals surface area contributed by atoms with Crippen molar-refractivity contribution in [1.82, 2.24) is 0 Å². The van der Waals surface area contributed by atoms with E-state index in [0.717, 1.165) is 51.4 Å². The Morgan fingerprint density at radius 2 is 0.337 bits per heavy atom. The molecular formula is C92H114S12. The molecular weight excluding hydrogens is 1490 g/mol. The Balaban J connectivity index is 0.746. The third-order valence-electron chi connectivity index (χ3n) is 20.6. The van der Waals surface area contributed by atoms with E-state index in [1.54, 1.807) is 33.4 Å². The number of unbranched alkanes of at least 4 members (excludes halogenated alkanes) is 18. The average Bonchev–Trinajstić information content (AvgIpc) is 1.64. The molecule has 0 aliphatic heterocycles. The van der Waals surface area contributed by atoms with Crippen molar-refractivity contribution in [2.75, 3.05) is 0 Å². The van der Waals surface area contributed by atoms with Crippen LogP contribution in [0.4, 0.5) is 0 Å². The second-order valence-corrected chi connectivity index (χ2v) is 42.3. The van der Waals surface area contributed by atoms with Crippen LogP contribution in [0.1, 0.15) is 272 Å². The Morgan fingerprint density at radius 1 is 0.163 bits per heavy atom. The Bertz CT molecular complexity index is 4210. The van der Waals surface area contributed by atoms with Crippen LogP contribution in [0, 0.1) is 0 Å². The van der Waals surface area contributed by atoms with Crippen molar-refractivity contribution in [2.45, 2.75) is 287 Å². The molecule has 12 aromatic rings. The van der Waals surface area contributed by atoms with E-state index in [-0.39, 0.29) is 0 Å². The third-order valence-corrected chi connectivity index (χ3v) is 36.4. The van der Waals surface area contributed by atoms with Gasteiger partial charge < -0.3 is 0 Å². The van der Waals surface area contributed by atoms with E-state index in [0.29, 0.717) is 0 Å². The third kappa shape index (κ3) is 21.5. The van der Waals surface area contributed by atoms with Crippen molar-refractivity contribution in [1.29, 1.82) is 0 Å². The highest BCUT2D eigenvalue weighted by Gasteiger charge is 2.25. The summed E-state index contributed by atoms with van der Waals surface area (Å²) in [5, 5.41) is 0. The molecule has 0 N–H and O–H groups in total. The fourth-order valence-corrected chi connectivity index (χ4v) is 28.8. The first-order chi connectivity index (χ1) is 51.2. The highest BCUT2D eigenvalue weighted by Crippen LogP contribution is 2.52. The fourth-order valence-electron chi connectivity index (χ4n) is 14.5. The largest absolute Gasteiger partial charge is 0.139 e. The molecule has 0 aliphatic rings. The van der Waals surface area contributed by atoms with Gasteiger partial charge in [0.15, 0.2) is 0 Å². The molecule has 0 amide bonds. The molecule has 554 valence electrons. The highest BCUT2D eigenvalue weighted by molar-refractivity contribution is 7.31. The van der Waals surface area contributed by atoms with Crippen LogP contribution in [0.25, 0.3) is 87.8 Å². The molecule has 0 radical (unpaired) electrons. The molecule has 104 heavy (non-hydrogen) atoms. The summed E-state index contributed by atoms with van der Waals surface area (Å²) in [4.78, 5) is 35.7. The monoisotopic (exact) mass is 1600 g/mol. The van der Waals surface area contributed by atoms with Crippen LogP contribution in [-0.4, -0.2) is 0 Å². The number of rotatable bonds is 47. The van der Waals surface area contributed by atoms with E-state index < -0.39 is 0 Å². The maximum atomic E-state index is 2.62. The van der Waals surface area contributed by atoms with E-state index in [1.807, 2.05) is 22.7 Å². The highest BCUT2D eigenvalue weighted by atomic mass is 32.1. The molecule has 0 bridgehead atoms. The van der Waals surface area contributed by atoms with E-state index in [4.69, 9.17) is 0 Å². The molecule has 12 heterocycles. The van der Waals surface area contributed by atoms with Crippen molar-refractivity contribution in [2.24, 2.45) is 0 Å². The predicted molar refractivity (Wildman–Crippen MR) is 483 cm³/mol. The molecule has 12 heteroatoms. The maximum absolute atomic E-state index is 2.62. The molecule has 0 atom stereocenters. The van der Waals surface area contributed by atoms with Gasteiger partial charge in [-0.2, -0.15) is 0 Å². The molecule has 0 spiro atoms. The number of aryl methyl sites for hydroxylation is 12. The van der Waals surface area contributed by atoms with Gasteiger partial charge in [0.05, 0.1) is 0 Å². The van der Waals surface area contributed by atoms with Gasteiger partial charge in [0.1, 0.15) is 0 Å². The molecule has 0 unspecified atom stereocenters. The van der Waals surface area contributed by atoms with Crippen LogP contribution in [-0.2, 0) is 77.0 Å². The molecule has 12 rings (SSSR count). The van der Waals surface area contributed by atoms with Gasteiger partial charge in [0, 0.05) is 117 Å². The molecule has 0 nitrogen and oxygen atoms in total. The van der Waals surface area contributed by atoms with Crippen molar-refractivity contribution >= 4 is 136 Å². The van der Waals surface area contributed by atoms with E-state index in [1.165, 1.54) is 297 Å². The van der Waals surface area contributed by atoms with Crippen LogP contribution in [0.2, 0.25) is 0 Å². The summed E-state index contributed by atoms with van der Waals surface area (Å²) in [7, 11) is 0. The summed E-state index contributed by atoms with van der Waals surface area (Å²) in [5.74, 6) is 0. The van der Waals surface area contributed by atoms with Gasteiger partial charge in [-0.3, -0.25) is 0 Å². The van der Waals surface area contributed by atoms with Gasteiger partial charge in [0.25, 0.3) is 0 Å². The summed E-state index contributed by atoms with van der Waals surface area (Å²) < 4.78 is 0. The first kappa shape index (κ1) is 79.9. The van der Waals surface area contributed by atoms with Crippen molar-refractivity contribution in [3.05, 3.63) is 172 Å². The lowest BCUT2D eigenvalue weighted by molar-refractivity contribution is 0.668. The number of hydrogen-bond donors (Lipinski definition) is 0. The minimum absolute atomic E-state index is 1.09. The lowest BCUT2D eigenvalue weighted by Crippen LogP contribution is -1.86. The van der Waals surface area contributed by atoms with Crippen LogP contribution >= 0.6 is 136 Å². The Labute approximate surface area is 675 Å². The van der Waals surface area contributed by atoms with Crippen LogP contribution in [0.3, 0.4) is 0 Å². The van der Waals surface area contributed by atoms with Crippen LogP contribution in [0.5, 0.6) is 0 Å². The zero-order valence-electron chi connectivity index (χ0n) is 63.7. The fraction of sp³-hybridized carbons (Fsp3) is 0.478. The minimum atomic E-state index is 1.09. The average molecular weight is 1600 g/mol. The molecule has 12 aromatic heterocycles. The van der Waals surface area contributed by atoms with E-state index >= 15 is 0 Å². The summed E-state index contributed by atoms with van der Waals surface area (Å²) >= 11 is 24.7. The molecule has 0 aromatic carbocycles. The van der Waals surface area contributed by atoms with Gasteiger partial charge in [-0.15, -0.1) is 136 Å². The van der Waals surface area contributed by atoms with Gasteiger partial charge in [-0.25, -0.2) is 0 Å². The van der Waals surface area contributed by atoms with Crippen LogP contribution in [0.15, 0.2) is 109 Å². The second-order valence-electron chi connectivity index (χ2n) is 29.0. The number of hydrogen-bond acceptors (Lipinski definition) is 12. The Morgan fingerprint density at radius 3 is 0.500 bits per heavy atom. The van der Waals surface area contributed by atoms with E-state index in [2.05, 4.69) is 278 Å². The maximum Gasteiger partial charge on any atom is 0.0481 e. The Hall–Kier alpha value is -3.60. The lowest BCUT2D eigenvalue weighted by atomic mass is 10.0. The topological polar surface area (TPSA) is 0 Å². The van der Waals surface area contributed by atoms with Crippen molar-refractivity contribution in [3.63, 3.8) is 0 Å². The SMILES string of the molecule is CCCCCCc1cc(-c2cc(CCCCCC)c(-c3ccc(CCc4ccc(-c5sc(-c6cc(CCCCCC)c(-c7ccc(CCc8ccc(-c9sc(-c%10cc(CCCCCC)c(-c%11ccc(CC)s%11)s%10)cc9CCCCCC)s8)s7)s6)cc5CCCCCC)s4)s3)s2)sc1-c1ccc(CC)s1. The molecule has 0 saturated heterocycles. The predicted octanol–water partition coefficient (Wildman–Crippen LogP) is 34.9. The van der Waals surface area contributed by atoms with Crippen molar-refractivity contribution in [3.8, 4) is 87.8 Å². The summed E-state index contributed by atoms with van der Waals surface area (Å²) in [6.45, 7) is 18.6. The molecule has 0 aliphatic carbocycles. The minimum Gasteiger partial charge on any atom is -0.139 e.